The van der Waals surface area contributed by atoms with Crippen molar-refractivity contribution in [2.75, 3.05) is 25.6 Å². The topological polar surface area (TPSA) is 18.5 Å². The van der Waals surface area contributed by atoms with E-state index in [1.54, 1.807) is 0 Å². The monoisotopic (exact) mass is 270 g/mol. The molecule has 0 aliphatic carbocycles. The van der Waals surface area contributed by atoms with Crippen molar-refractivity contribution in [2.24, 2.45) is 5.92 Å². The van der Waals surface area contributed by atoms with Gasteiger partial charge in [-0.25, -0.2) is 0 Å². The van der Waals surface area contributed by atoms with E-state index in [0.29, 0.717) is 21.2 Å². The summed E-state index contributed by atoms with van der Waals surface area (Å²) in [5.74, 6) is 0.906. The molecule has 2 unspecified atom stereocenters. The third kappa shape index (κ3) is 2.05. The summed E-state index contributed by atoms with van der Waals surface area (Å²) in [6.07, 6.45) is 0. The van der Waals surface area contributed by atoms with Crippen LogP contribution in [0.1, 0.15) is 6.92 Å². The molecule has 1 rings (SSSR count). The minimum absolute atomic E-state index is 0.449. The van der Waals surface area contributed by atoms with Gasteiger partial charge >= 0.3 is 79.2 Å². The summed E-state index contributed by atoms with van der Waals surface area (Å²) in [4.78, 5) is 0. The van der Waals surface area contributed by atoms with Crippen LogP contribution in [0.15, 0.2) is 0 Å². The molecule has 0 aromatic rings. The number of rotatable bonds is 3. The SMILES string of the molecule is CNN(C)N(C)C1[I-]CC1C. The molecular formula is C7H17IN3-. The molecular weight excluding hydrogens is 253 g/mol. The Kier molecular flexibility index (Phi) is 3.54. The summed E-state index contributed by atoms with van der Waals surface area (Å²) < 4.78 is 2.34. The summed E-state index contributed by atoms with van der Waals surface area (Å²) in [5.41, 5.74) is 3.11. The summed E-state index contributed by atoms with van der Waals surface area (Å²) >= 11 is 0.449. The minimum atomic E-state index is 0.449. The number of hydrogen-bond donors (Lipinski definition) is 1. The zero-order valence-electron chi connectivity index (χ0n) is 7.63. The van der Waals surface area contributed by atoms with Crippen LogP contribution in [0.25, 0.3) is 0 Å². The van der Waals surface area contributed by atoms with Crippen molar-refractivity contribution in [2.45, 2.75) is 11.0 Å². The van der Waals surface area contributed by atoms with Gasteiger partial charge in [-0.05, 0) is 0 Å². The van der Waals surface area contributed by atoms with Gasteiger partial charge in [0.2, 0.25) is 0 Å². The van der Waals surface area contributed by atoms with Gasteiger partial charge in [-0.2, -0.15) is 0 Å². The van der Waals surface area contributed by atoms with E-state index in [1.165, 1.54) is 4.43 Å². The van der Waals surface area contributed by atoms with Gasteiger partial charge < -0.3 is 0 Å². The van der Waals surface area contributed by atoms with Gasteiger partial charge in [0.1, 0.15) is 0 Å². The Balaban J connectivity index is 2.34. The summed E-state index contributed by atoms with van der Waals surface area (Å²) in [6.45, 7) is 2.34. The van der Waals surface area contributed by atoms with E-state index in [2.05, 4.69) is 36.6 Å². The van der Waals surface area contributed by atoms with E-state index in [0.717, 1.165) is 9.97 Å². The maximum atomic E-state index is 3.11. The van der Waals surface area contributed by atoms with E-state index >= 15 is 0 Å². The molecule has 0 aromatic carbocycles. The Bertz CT molecular complexity index is 131. The fourth-order valence-corrected chi connectivity index (χ4v) is 4.06. The van der Waals surface area contributed by atoms with Crippen molar-refractivity contribution in [1.29, 1.82) is 0 Å². The average molecular weight is 270 g/mol. The molecule has 0 spiro atoms. The van der Waals surface area contributed by atoms with Gasteiger partial charge in [-0.1, -0.05) is 0 Å². The Morgan fingerprint density at radius 1 is 1.45 bits per heavy atom. The number of nitrogens with one attached hydrogen (secondary N) is 1. The molecule has 1 N–H and O–H groups in total. The van der Waals surface area contributed by atoms with E-state index < -0.39 is 0 Å². The number of nitrogens with zero attached hydrogens (tertiary/aromatic N) is 2. The van der Waals surface area contributed by atoms with Crippen molar-refractivity contribution in [3.8, 4) is 0 Å². The zero-order chi connectivity index (χ0) is 8.43. The molecule has 0 saturated carbocycles. The van der Waals surface area contributed by atoms with Gasteiger partial charge in [0, 0.05) is 0 Å². The molecule has 1 aliphatic rings. The Hall–Kier alpha value is 0.610. The van der Waals surface area contributed by atoms with Crippen LogP contribution in [-0.2, 0) is 0 Å². The van der Waals surface area contributed by atoms with Crippen LogP contribution in [0, 0.1) is 5.92 Å². The van der Waals surface area contributed by atoms with Crippen molar-refractivity contribution in [1.82, 2.24) is 15.6 Å². The van der Waals surface area contributed by atoms with E-state index in [4.69, 9.17) is 0 Å². The molecule has 0 amide bonds. The van der Waals surface area contributed by atoms with Gasteiger partial charge in [-0.3, -0.25) is 0 Å². The van der Waals surface area contributed by atoms with Crippen LogP contribution >= 0.6 is 0 Å². The predicted molar refractivity (Wildman–Crippen MR) is 42.4 cm³/mol. The van der Waals surface area contributed by atoms with Crippen LogP contribution in [-0.4, -0.2) is 39.7 Å². The Morgan fingerprint density at radius 2 is 2.09 bits per heavy atom. The molecule has 1 aliphatic heterocycles. The quantitative estimate of drug-likeness (QED) is 0.255. The number of halogens is 1. The number of hydrazine groups is 2. The first kappa shape index (κ1) is 9.70. The third-order valence-electron chi connectivity index (χ3n) is 2.11. The van der Waals surface area contributed by atoms with E-state index in [-0.39, 0.29) is 0 Å². The van der Waals surface area contributed by atoms with Crippen LogP contribution < -0.4 is 26.6 Å². The second kappa shape index (κ2) is 4.02. The molecule has 0 aromatic heterocycles. The summed E-state index contributed by atoms with van der Waals surface area (Å²) in [7, 11) is 6.18. The molecule has 1 heterocycles. The first-order valence-electron chi connectivity index (χ1n) is 3.88. The molecule has 11 heavy (non-hydrogen) atoms. The van der Waals surface area contributed by atoms with Crippen molar-refractivity contribution in [3.05, 3.63) is 0 Å². The van der Waals surface area contributed by atoms with Crippen LogP contribution in [0.5, 0.6) is 0 Å². The number of alkyl halides is 2. The second-order valence-corrected chi connectivity index (χ2v) is 6.02. The fourth-order valence-electron chi connectivity index (χ4n) is 1.14. The van der Waals surface area contributed by atoms with Crippen molar-refractivity contribution in [3.63, 3.8) is 0 Å². The fraction of sp³-hybridized carbons (Fsp3) is 1.00. The van der Waals surface area contributed by atoms with Crippen LogP contribution in [0.4, 0.5) is 0 Å². The predicted octanol–water partition coefficient (Wildman–Crippen LogP) is -3.04. The van der Waals surface area contributed by atoms with Gasteiger partial charge in [0.25, 0.3) is 0 Å². The average Bonchev–Trinajstić information content (AvgIpc) is 2.00. The molecule has 3 nitrogen and oxygen atoms in total. The van der Waals surface area contributed by atoms with Crippen molar-refractivity contribution < 1.29 is 21.2 Å². The molecule has 68 valence electrons. The van der Waals surface area contributed by atoms with Crippen LogP contribution in [0.2, 0.25) is 0 Å². The Labute approximate surface area is 79.3 Å². The van der Waals surface area contributed by atoms with E-state index in [9.17, 15) is 0 Å². The van der Waals surface area contributed by atoms with Crippen LogP contribution in [0.3, 0.4) is 0 Å². The standard InChI is InChI=1S/C7H17IN3/c1-6-5-8-7(6)10(3)11(4)9-2/h6-7,9H,5H2,1-4H3/q-1. The maximum absolute atomic E-state index is 3.11. The molecule has 4 heteroatoms. The van der Waals surface area contributed by atoms with Gasteiger partial charge in [-0.15, -0.1) is 0 Å². The molecule has 0 bridgehead atoms. The molecule has 1 saturated heterocycles. The Morgan fingerprint density at radius 3 is 2.36 bits per heavy atom. The molecule has 0 radical (unpaired) electrons. The molecule has 2 atom stereocenters. The van der Waals surface area contributed by atoms with E-state index in [1.807, 2.05) is 7.05 Å². The second-order valence-electron chi connectivity index (χ2n) is 2.98. The third-order valence-corrected chi connectivity index (χ3v) is 6.95. The summed E-state index contributed by atoms with van der Waals surface area (Å²) in [6, 6.07) is 0. The van der Waals surface area contributed by atoms with Gasteiger partial charge in [0.15, 0.2) is 0 Å². The first-order chi connectivity index (χ1) is 5.16. The summed E-state index contributed by atoms with van der Waals surface area (Å²) in [5, 5.41) is 4.39. The number of hydrogen-bond acceptors (Lipinski definition) is 3. The zero-order valence-corrected chi connectivity index (χ0v) is 9.79. The van der Waals surface area contributed by atoms with Crippen molar-refractivity contribution >= 4 is 0 Å². The molecule has 1 fully saturated rings. The normalized spacial score (nSPS) is 31.8. The van der Waals surface area contributed by atoms with Gasteiger partial charge in [0.05, 0.1) is 0 Å². The first-order valence-corrected chi connectivity index (χ1v) is 6.65.